The van der Waals surface area contributed by atoms with Crippen molar-refractivity contribution in [2.45, 2.75) is 44.8 Å². The molecule has 4 rings (SSSR count). The molecular weight excluding hydrogens is 366 g/mol. The average Bonchev–Trinajstić information content (AvgIpc) is 3.12. The first-order chi connectivity index (χ1) is 13.6. The number of alkyl halides is 2. The van der Waals surface area contributed by atoms with Crippen molar-refractivity contribution in [3.63, 3.8) is 0 Å². The van der Waals surface area contributed by atoms with Gasteiger partial charge in [0.05, 0.1) is 12.1 Å². The molecule has 3 heterocycles. The molecule has 0 unspecified atom stereocenters. The number of rotatable bonds is 5. The largest absolute Gasteiger partial charge is 0.490 e. The number of benzene rings is 1. The molecule has 2 aliphatic rings. The quantitative estimate of drug-likeness (QED) is 0.779. The van der Waals surface area contributed by atoms with Crippen LogP contribution < -0.4 is 4.74 Å². The Morgan fingerprint density at radius 3 is 2.61 bits per heavy atom. The number of halogens is 2. The van der Waals surface area contributed by atoms with E-state index in [-0.39, 0.29) is 24.5 Å². The number of nitrogens with zero attached hydrogens (tertiary/aromatic N) is 2. The number of aromatic nitrogens is 1. The molecule has 0 spiro atoms. The van der Waals surface area contributed by atoms with Gasteiger partial charge in [0.25, 0.3) is 6.43 Å². The van der Waals surface area contributed by atoms with Crippen LogP contribution in [0.5, 0.6) is 5.75 Å². The van der Waals surface area contributed by atoms with Crippen LogP contribution in [0.25, 0.3) is 10.9 Å². The van der Waals surface area contributed by atoms with Crippen LogP contribution in [0.4, 0.5) is 8.78 Å². The standard InChI is InChI=1S/C21H26F2N2O3/c22-20(23)14-25-11-6-17-18(25)2-1-3-19(17)28-16-4-9-24(10-5-16)21(26)15-7-12-27-13-8-15/h1-3,6,11,15-16,20H,4-5,7-10,12-14H2. The number of carbonyl (C=O) groups excluding carboxylic acids is 1. The fourth-order valence-electron chi connectivity index (χ4n) is 4.18. The number of hydrogen-bond acceptors (Lipinski definition) is 3. The summed E-state index contributed by atoms with van der Waals surface area (Å²) in [4.78, 5) is 14.6. The van der Waals surface area contributed by atoms with E-state index in [1.807, 2.05) is 29.2 Å². The molecule has 1 aromatic carbocycles. The Bertz CT molecular complexity index is 809. The fraction of sp³-hybridized carbons (Fsp3) is 0.571. The van der Waals surface area contributed by atoms with E-state index in [9.17, 15) is 13.6 Å². The lowest BCUT2D eigenvalue weighted by atomic mass is 9.97. The van der Waals surface area contributed by atoms with Gasteiger partial charge in [-0.3, -0.25) is 4.79 Å². The van der Waals surface area contributed by atoms with E-state index in [2.05, 4.69) is 0 Å². The molecule has 0 bridgehead atoms. The second-order valence-corrected chi connectivity index (χ2v) is 7.58. The first kappa shape index (κ1) is 19.2. The number of fused-ring (bicyclic) bond motifs is 1. The zero-order valence-corrected chi connectivity index (χ0v) is 15.9. The molecule has 1 aromatic heterocycles. The minimum atomic E-state index is -2.39. The Labute approximate surface area is 163 Å². The number of likely N-dealkylation sites (tertiary alicyclic amines) is 1. The summed E-state index contributed by atoms with van der Waals surface area (Å²) < 4.78 is 38.6. The lowest BCUT2D eigenvalue weighted by Crippen LogP contribution is -2.45. The smallest absolute Gasteiger partial charge is 0.256 e. The van der Waals surface area contributed by atoms with Gasteiger partial charge in [0.1, 0.15) is 11.9 Å². The van der Waals surface area contributed by atoms with Gasteiger partial charge in [-0.2, -0.15) is 0 Å². The molecule has 152 valence electrons. The van der Waals surface area contributed by atoms with Gasteiger partial charge in [-0.05, 0) is 31.0 Å². The van der Waals surface area contributed by atoms with Crippen LogP contribution in [-0.4, -0.2) is 54.2 Å². The van der Waals surface area contributed by atoms with Gasteiger partial charge in [-0.15, -0.1) is 0 Å². The maximum absolute atomic E-state index is 12.7. The van der Waals surface area contributed by atoms with Crippen LogP contribution >= 0.6 is 0 Å². The summed E-state index contributed by atoms with van der Waals surface area (Å²) in [6.07, 6.45) is 2.51. The van der Waals surface area contributed by atoms with E-state index in [0.29, 0.717) is 26.3 Å². The van der Waals surface area contributed by atoms with E-state index >= 15 is 0 Å². The minimum absolute atomic E-state index is 0.0304. The third kappa shape index (κ3) is 4.14. The van der Waals surface area contributed by atoms with Crippen molar-refractivity contribution in [2.75, 3.05) is 26.3 Å². The highest BCUT2D eigenvalue weighted by atomic mass is 19.3. The molecular formula is C21H26F2N2O3. The summed E-state index contributed by atoms with van der Waals surface area (Å²) in [6, 6.07) is 7.38. The van der Waals surface area contributed by atoms with Gasteiger partial charge < -0.3 is 18.9 Å². The second kappa shape index (κ2) is 8.47. The zero-order valence-electron chi connectivity index (χ0n) is 15.9. The van der Waals surface area contributed by atoms with Crippen LogP contribution in [-0.2, 0) is 16.1 Å². The minimum Gasteiger partial charge on any atom is -0.490 e. The normalized spacial score (nSPS) is 19.5. The Balaban J connectivity index is 1.37. The van der Waals surface area contributed by atoms with Gasteiger partial charge in [0.15, 0.2) is 0 Å². The molecule has 7 heteroatoms. The SMILES string of the molecule is O=C(C1CCOCC1)N1CCC(Oc2cccc3c2ccn3CC(F)F)CC1. The predicted molar refractivity (Wildman–Crippen MR) is 102 cm³/mol. The number of hydrogen-bond donors (Lipinski definition) is 0. The van der Waals surface area contributed by atoms with Gasteiger partial charge >= 0.3 is 0 Å². The molecule has 2 saturated heterocycles. The summed E-state index contributed by atoms with van der Waals surface area (Å²) in [5.41, 5.74) is 0.755. The monoisotopic (exact) mass is 392 g/mol. The van der Waals surface area contributed by atoms with Crippen LogP contribution in [0.15, 0.2) is 30.5 Å². The fourth-order valence-corrected chi connectivity index (χ4v) is 4.18. The van der Waals surface area contributed by atoms with E-state index in [0.717, 1.165) is 42.3 Å². The highest BCUT2D eigenvalue weighted by molar-refractivity contribution is 5.86. The van der Waals surface area contributed by atoms with E-state index < -0.39 is 6.43 Å². The van der Waals surface area contributed by atoms with Crippen LogP contribution in [0.1, 0.15) is 25.7 Å². The van der Waals surface area contributed by atoms with Crippen LogP contribution in [0.3, 0.4) is 0 Å². The summed E-state index contributed by atoms with van der Waals surface area (Å²) in [5, 5.41) is 0.851. The van der Waals surface area contributed by atoms with Crippen LogP contribution in [0, 0.1) is 5.92 Å². The number of piperidine rings is 1. The third-order valence-corrected chi connectivity index (χ3v) is 5.73. The highest BCUT2D eigenvalue weighted by Gasteiger charge is 2.30. The van der Waals surface area contributed by atoms with Crippen molar-refractivity contribution < 1.29 is 23.0 Å². The average molecular weight is 392 g/mol. The van der Waals surface area contributed by atoms with Crippen molar-refractivity contribution in [1.29, 1.82) is 0 Å². The van der Waals surface area contributed by atoms with Gasteiger partial charge in [-0.1, -0.05) is 6.07 Å². The molecule has 2 fully saturated rings. The Kier molecular flexibility index (Phi) is 5.80. The van der Waals surface area contributed by atoms with Crippen molar-refractivity contribution >= 4 is 16.8 Å². The summed E-state index contributed by atoms with van der Waals surface area (Å²) in [6.45, 7) is 2.42. The third-order valence-electron chi connectivity index (χ3n) is 5.73. The molecule has 0 atom stereocenters. The predicted octanol–water partition coefficient (Wildman–Crippen LogP) is 3.70. The summed E-state index contributed by atoms with van der Waals surface area (Å²) >= 11 is 0. The number of amides is 1. The van der Waals surface area contributed by atoms with Gasteiger partial charge in [0.2, 0.25) is 5.91 Å². The Morgan fingerprint density at radius 2 is 1.89 bits per heavy atom. The van der Waals surface area contributed by atoms with Crippen LogP contribution in [0.2, 0.25) is 0 Å². The summed E-state index contributed by atoms with van der Waals surface area (Å²) in [5.74, 6) is 1.06. The molecule has 1 amide bonds. The van der Waals surface area contributed by atoms with Gasteiger partial charge in [-0.25, -0.2) is 8.78 Å². The van der Waals surface area contributed by atoms with Gasteiger partial charge in [0, 0.05) is 56.6 Å². The molecule has 5 nitrogen and oxygen atoms in total. The highest BCUT2D eigenvalue weighted by Crippen LogP contribution is 2.30. The Hall–Kier alpha value is -2.15. The van der Waals surface area contributed by atoms with Crippen molar-refractivity contribution in [3.05, 3.63) is 30.5 Å². The van der Waals surface area contributed by atoms with Crippen molar-refractivity contribution in [1.82, 2.24) is 9.47 Å². The molecule has 2 aliphatic heterocycles. The maximum atomic E-state index is 12.7. The lowest BCUT2D eigenvalue weighted by Gasteiger charge is -2.35. The first-order valence-electron chi connectivity index (χ1n) is 10.0. The number of ether oxygens (including phenoxy) is 2. The van der Waals surface area contributed by atoms with E-state index in [4.69, 9.17) is 9.47 Å². The van der Waals surface area contributed by atoms with E-state index in [1.165, 1.54) is 0 Å². The molecule has 0 N–H and O–H groups in total. The maximum Gasteiger partial charge on any atom is 0.256 e. The molecule has 2 aromatic rings. The van der Waals surface area contributed by atoms with Crippen molar-refractivity contribution in [3.8, 4) is 5.75 Å². The molecule has 28 heavy (non-hydrogen) atoms. The van der Waals surface area contributed by atoms with E-state index in [1.54, 1.807) is 10.8 Å². The zero-order chi connectivity index (χ0) is 19.5. The topological polar surface area (TPSA) is 43.7 Å². The first-order valence-corrected chi connectivity index (χ1v) is 10.0. The second-order valence-electron chi connectivity index (χ2n) is 7.58. The summed E-state index contributed by atoms with van der Waals surface area (Å²) in [7, 11) is 0. The van der Waals surface area contributed by atoms with Crippen molar-refractivity contribution in [2.24, 2.45) is 5.92 Å². The number of carbonyl (C=O) groups is 1. The molecule has 0 aliphatic carbocycles. The lowest BCUT2D eigenvalue weighted by molar-refractivity contribution is -0.140. The Morgan fingerprint density at radius 1 is 1.14 bits per heavy atom. The molecule has 0 radical (unpaired) electrons. The molecule has 0 saturated carbocycles.